The Bertz CT molecular complexity index is 202. The number of carbonyl (C=O) groups excluding carboxylic acids is 1. The van der Waals surface area contributed by atoms with Crippen LogP contribution in [-0.4, -0.2) is 23.8 Å². The van der Waals surface area contributed by atoms with Gasteiger partial charge in [0.1, 0.15) is 0 Å². The predicted molar refractivity (Wildman–Crippen MR) is 69.8 cm³/mol. The van der Waals surface area contributed by atoms with E-state index in [0.29, 0.717) is 6.61 Å². The van der Waals surface area contributed by atoms with Crippen molar-refractivity contribution in [2.24, 2.45) is 0 Å². The maximum atomic E-state index is 10.7. The highest BCUT2D eigenvalue weighted by Gasteiger charge is 2.01. The van der Waals surface area contributed by atoms with Gasteiger partial charge in [-0.15, -0.1) is 0 Å². The molecule has 100 valence electrons. The summed E-state index contributed by atoms with van der Waals surface area (Å²) in [7, 11) is 0. The van der Waals surface area contributed by atoms with Gasteiger partial charge < -0.3 is 9.84 Å². The van der Waals surface area contributed by atoms with Crippen LogP contribution in [-0.2, 0) is 9.53 Å². The van der Waals surface area contributed by atoms with Gasteiger partial charge >= 0.3 is 5.97 Å². The standard InChI is InChI=1S/C14H26O3/c1-3-10-13(15)11-8-6-5-7-9-12-17-14(16)4-2/h4,13,15H,2-3,5-12H2,1H3. The normalized spacial score (nSPS) is 12.1. The Labute approximate surface area is 105 Å². The highest BCUT2D eigenvalue weighted by molar-refractivity contribution is 5.81. The van der Waals surface area contributed by atoms with Gasteiger partial charge in [-0.2, -0.15) is 0 Å². The Morgan fingerprint density at radius 3 is 2.53 bits per heavy atom. The van der Waals surface area contributed by atoms with E-state index in [2.05, 4.69) is 13.5 Å². The summed E-state index contributed by atoms with van der Waals surface area (Å²) in [6.45, 7) is 5.91. The minimum Gasteiger partial charge on any atom is -0.463 e. The van der Waals surface area contributed by atoms with E-state index < -0.39 is 0 Å². The molecular formula is C14H26O3. The summed E-state index contributed by atoms with van der Waals surface area (Å²) in [6, 6.07) is 0. The third kappa shape index (κ3) is 11.4. The van der Waals surface area contributed by atoms with Crippen molar-refractivity contribution < 1.29 is 14.6 Å². The molecule has 0 saturated heterocycles. The maximum absolute atomic E-state index is 10.7. The van der Waals surface area contributed by atoms with Gasteiger partial charge in [-0.3, -0.25) is 0 Å². The predicted octanol–water partition coefficient (Wildman–Crippen LogP) is 3.22. The van der Waals surface area contributed by atoms with Crippen LogP contribution in [0.2, 0.25) is 0 Å². The first-order valence-electron chi connectivity index (χ1n) is 6.68. The molecule has 0 radical (unpaired) electrons. The molecule has 0 amide bonds. The zero-order chi connectivity index (χ0) is 12.9. The van der Waals surface area contributed by atoms with Gasteiger partial charge in [0.05, 0.1) is 12.7 Å². The molecule has 1 N–H and O–H groups in total. The van der Waals surface area contributed by atoms with Gasteiger partial charge in [-0.25, -0.2) is 4.79 Å². The molecule has 0 aromatic rings. The average Bonchev–Trinajstić information content (AvgIpc) is 2.32. The van der Waals surface area contributed by atoms with E-state index in [1.54, 1.807) is 0 Å². The van der Waals surface area contributed by atoms with E-state index in [4.69, 9.17) is 4.74 Å². The molecule has 1 atom stereocenters. The summed E-state index contributed by atoms with van der Waals surface area (Å²) in [5.41, 5.74) is 0. The number of esters is 1. The van der Waals surface area contributed by atoms with Crippen LogP contribution in [0.15, 0.2) is 12.7 Å². The van der Waals surface area contributed by atoms with Crippen molar-refractivity contribution >= 4 is 5.97 Å². The van der Waals surface area contributed by atoms with Crippen molar-refractivity contribution in [2.75, 3.05) is 6.61 Å². The SMILES string of the molecule is C=CC(=O)OCCCCCCCC(O)CCC. The van der Waals surface area contributed by atoms with Gasteiger partial charge in [0.25, 0.3) is 0 Å². The van der Waals surface area contributed by atoms with Crippen LogP contribution in [0, 0.1) is 0 Å². The quantitative estimate of drug-likeness (QED) is 0.344. The molecule has 0 aliphatic carbocycles. The van der Waals surface area contributed by atoms with E-state index in [0.717, 1.165) is 51.4 Å². The van der Waals surface area contributed by atoms with Crippen LogP contribution in [0.1, 0.15) is 58.3 Å². The summed E-state index contributed by atoms with van der Waals surface area (Å²) in [5, 5.41) is 9.51. The zero-order valence-corrected chi connectivity index (χ0v) is 11.0. The molecule has 0 aromatic heterocycles. The number of hydrogen-bond donors (Lipinski definition) is 1. The minimum absolute atomic E-state index is 0.117. The molecule has 0 aliphatic rings. The highest BCUT2D eigenvalue weighted by atomic mass is 16.5. The monoisotopic (exact) mass is 242 g/mol. The highest BCUT2D eigenvalue weighted by Crippen LogP contribution is 2.10. The first-order chi connectivity index (χ1) is 8.20. The molecule has 0 bridgehead atoms. The average molecular weight is 242 g/mol. The van der Waals surface area contributed by atoms with Crippen LogP contribution in [0.25, 0.3) is 0 Å². The third-order valence-electron chi connectivity index (χ3n) is 2.71. The molecule has 1 unspecified atom stereocenters. The Morgan fingerprint density at radius 2 is 1.88 bits per heavy atom. The first kappa shape index (κ1) is 16.2. The smallest absolute Gasteiger partial charge is 0.330 e. The summed E-state index contributed by atoms with van der Waals surface area (Å²) in [6.07, 6.45) is 9.33. The number of rotatable bonds is 11. The van der Waals surface area contributed by atoms with Crippen molar-refractivity contribution in [1.82, 2.24) is 0 Å². The third-order valence-corrected chi connectivity index (χ3v) is 2.71. The Morgan fingerprint density at radius 1 is 1.24 bits per heavy atom. The van der Waals surface area contributed by atoms with Crippen molar-refractivity contribution in [1.29, 1.82) is 0 Å². The second kappa shape index (κ2) is 11.6. The van der Waals surface area contributed by atoms with Crippen LogP contribution in [0.4, 0.5) is 0 Å². The molecule has 0 heterocycles. The summed E-state index contributed by atoms with van der Waals surface area (Å²) in [5.74, 6) is -0.340. The first-order valence-corrected chi connectivity index (χ1v) is 6.68. The molecule has 0 aliphatic heterocycles. The maximum Gasteiger partial charge on any atom is 0.330 e. The fourth-order valence-corrected chi connectivity index (χ4v) is 1.72. The van der Waals surface area contributed by atoms with Gasteiger partial charge in [0.15, 0.2) is 0 Å². The van der Waals surface area contributed by atoms with E-state index in [1.807, 2.05) is 0 Å². The lowest BCUT2D eigenvalue weighted by molar-refractivity contribution is -0.137. The lowest BCUT2D eigenvalue weighted by Gasteiger charge is -2.08. The number of hydrogen-bond acceptors (Lipinski definition) is 3. The second-order valence-corrected chi connectivity index (χ2v) is 4.37. The van der Waals surface area contributed by atoms with Gasteiger partial charge in [0, 0.05) is 6.08 Å². The molecule has 0 fully saturated rings. The van der Waals surface area contributed by atoms with Gasteiger partial charge in [0.2, 0.25) is 0 Å². The molecule has 3 nitrogen and oxygen atoms in total. The molecule has 3 heteroatoms. The largest absolute Gasteiger partial charge is 0.463 e. The minimum atomic E-state index is -0.340. The number of unbranched alkanes of at least 4 members (excludes halogenated alkanes) is 4. The number of aliphatic hydroxyl groups excluding tert-OH is 1. The van der Waals surface area contributed by atoms with Gasteiger partial charge in [-0.05, 0) is 19.3 Å². The second-order valence-electron chi connectivity index (χ2n) is 4.37. The van der Waals surface area contributed by atoms with Crippen LogP contribution >= 0.6 is 0 Å². The fourth-order valence-electron chi connectivity index (χ4n) is 1.72. The molecule has 0 saturated carbocycles. The summed E-state index contributed by atoms with van der Waals surface area (Å²) < 4.78 is 4.87. The van der Waals surface area contributed by atoms with E-state index >= 15 is 0 Å². The van der Waals surface area contributed by atoms with Crippen LogP contribution in [0.5, 0.6) is 0 Å². The Balaban J connectivity index is 3.13. The van der Waals surface area contributed by atoms with Crippen molar-refractivity contribution in [3.8, 4) is 0 Å². The Kier molecular flexibility index (Phi) is 11.1. The van der Waals surface area contributed by atoms with Gasteiger partial charge in [-0.1, -0.05) is 45.6 Å². The van der Waals surface area contributed by atoms with Crippen LogP contribution < -0.4 is 0 Å². The molecular weight excluding hydrogens is 216 g/mol. The number of carbonyl (C=O) groups is 1. The van der Waals surface area contributed by atoms with E-state index in [-0.39, 0.29) is 12.1 Å². The topological polar surface area (TPSA) is 46.5 Å². The lowest BCUT2D eigenvalue weighted by Crippen LogP contribution is -2.05. The Hall–Kier alpha value is -0.830. The lowest BCUT2D eigenvalue weighted by atomic mass is 10.1. The fraction of sp³-hybridized carbons (Fsp3) is 0.786. The van der Waals surface area contributed by atoms with E-state index in [1.165, 1.54) is 6.08 Å². The van der Waals surface area contributed by atoms with Crippen LogP contribution in [0.3, 0.4) is 0 Å². The van der Waals surface area contributed by atoms with Crippen molar-refractivity contribution in [2.45, 2.75) is 64.4 Å². The number of ether oxygens (including phenoxy) is 1. The van der Waals surface area contributed by atoms with Crippen molar-refractivity contribution in [3.05, 3.63) is 12.7 Å². The molecule has 0 rings (SSSR count). The molecule has 0 spiro atoms. The summed E-state index contributed by atoms with van der Waals surface area (Å²) in [4.78, 5) is 10.7. The van der Waals surface area contributed by atoms with E-state index in [9.17, 15) is 9.90 Å². The zero-order valence-electron chi connectivity index (χ0n) is 11.0. The summed E-state index contributed by atoms with van der Waals surface area (Å²) >= 11 is 0. The molecule has 17 heavy (non-hydrogen) atoms. The van der Waals surface area contributed by atoms with Crippen molar-refractivity contribution in [3.63, 3.8) is 0 Å². The number of aliphatic hydroxyl groups is 1. The molecule has 0 aromatic carbocycles.